The van der Waals surface area contributed by atoms with Crippen LogP contribution in [-0.4, -0.2) is 73.9 Å². The van der Waals surface area contributed by atoms with Crippen LogP contribution in [0.4, 0.5) is 14.5 Å². The number of hydrogen-bond acceptors (Lipinski definition) is 4. The van der Waals surface area contributed by atoms with Crippen molar-refractivity contribution in [1.82, 2.24) is 15.5 Å². The molecule has 1 atom stereocenters. The van der Waals surface area contributed by atoms with Crippen LogP contribution >= 0.6 is 0 Å². The quantitative estimate of drug-likeness (QED) is 0.365. The molecule has 3 rings (SSSR count). The van der Waals surface area contributed by atoms with E-state index in [-0.39, 0.29) is 17.8 Å². The standard InChI is InChI=1S/C21H33F2N5O/c1-2-24-21(25-10-4-11-27-12-8-17(29)9-13-27)26-16-7-14-28(15-16)20-18(22)5-3-6-19(20)23/h3,5-6,16-17,29H,2,4,7-15H2,1H3,(H2,24,25,26). The smallest absolute Gasteiger partial charge is 0.191 e. The fraction of sp³-hybridized carbons (Fsp3) is 0.667. The molecule has 1 unspecified atom stereocenters. The first kappa shape index (κ1) is 21.8. The molecule has 0 radical (unpaired) electrons. The van der Waals surface area contributed by atoms with Crippen LogP contribution in [0.3, 0.4) is 0 Å². The lowest BCUT2D eigenvalue weighted by Gasteiger charge is -2.29. The number of halogens is 2. The minimum Gasteiger partial charge on any atom is -0.393 e. The third-order valence-electron chi connectivity index (χ3n) is 5.59. The van der Waals surface area contributed by atoms with Crippen LogP contribution in [0.25, 0.3) is 0 Å². The second kappa shape index (κ2) is 10.7. The van der Waals surface area contributed by atoms with Crippen LogP contribution in [-0.2, 0) is 0 Å². The zero-order chi connectivity index (χ0) is 20.6. The summed E-state index contributed by atoms with van der Waals surface area (Å²) in [5.74, 6) is -0.282. The molecule has 2 fully saturated rings. The highest BCUT2D eigenvalue weighted by molar-refractivity contribution is 5.80. The van der Waals surface area contributed by atoms with Gasteiger partial charge in [-0.25, -0.2) is 8.78 Å². The molecular weight excluding hydrogens is 376 g/mol. The van der Waals surface area contributed by atoms with E-state index in [0.717, 1.165) is 57.8 Å². The van der Waals surface area contributed by atoms with Crippen molar-refractivity contribution in [3.8, 4) is 0 Å². The summed E-state index contributed by atoms with van der Waals surface area (Å²) in [5.41, 5.74) is 0.0605. The second-order valence-corrected chi connectivity index (χ2v) is 7.83. The number of benzene rings is 1. The van der Waals surface area contributed by atoms with Gasteiger partial charge in [-0.1, -0.05) is 6.07 Å². The van der Waals surface area contributed by atoms with E-state index in [9.17, 15) is 13.9 Å². The Morgan fingerprint density at radius 1 is 1.17 bits per heavy atom. The molecule has 0 saturated carbocycles. The Morgan fingerprint density at radius 2 is 1.90 bits per heavy atom. The lowest BCUT2D eigenvalue weighted by Crippen LogP contribution is -2.45. The van der Waals surface area contributed by atoms with Crippen molar-refractivity contribution in [2.75, 3.05) is 50.7 Å². The summed E-state index contributed by atoms with van der Waals surface area (Å²) in [4.78, 5) is 8.80. The van der Waals surface area contributed by atoms with E-state index in [2.05, 4.69) is 20.5 Å². The molecule has 0 aromatic heterocycles. The van der Waals surface area contributed by atoms with Crippen molar-refractivity contribution >= 4 is 11.6 Å². The average molecular weight is 410 g/mol. The van der Waals surface area contributed by atoms with Crippen LogP contribution in [0.15, 0.2) is 23.2 Å². The topological polar surface area (TPSA) is 63.1 Å². The molecule has 8 heteroatoms. The molecule has 2 saturated heterocycles. The predicted octanol–water partition coefficient (Wildman–Crippen LogP) is 1.95. The fourth-order valence-corrected chi connectivity index (χ4v) is 4.01. The summed E-state index contributed by atoms with van der Waals surface area (Å²) in [6.07, 6.45) is 3.33. The summed E-state index contributed by atoms with van der Waals surface area (Å²) >= 11 is 0. The lowest BCUT2D eigenvalue weighted by molar-refractivity contribution is 0.0824. The molecule has 0 amide bonds. The van der Waals surface area contributed by atoms with E-state index < -0.39 is 11.6 Å². The number of rotatable bonds is 7. The second-order valence-electron chi connectivity index (χ2n) is 7.83. The first-order valence-electron chi connectivity index (χ1n) is 10.7. The SMILES string of the molecule is CCNC(=NCCCN1CCC(O)CC1)NC1CCN(c2c(F)cccc2F)C1. The number of para-hydroxylation sites is 1. The summed E-state index contributed by atoms with van der Waals surface area (Å²) < 4.78 is 28.1. The van der Waals surface area contributed by atoms with E-state index in [0.29, 0.717) is 19.6 Å². The zero-order valence-electron chi connectivity index (χ0n) is 17.2. The van der Waals surface area contributed by atoms with Gasteiger partial charge < -0.3 is 25.5 Å². The van der Waals surface area contributed by atoms with Crippen molar-refractivity contribution in [3.63, 3.8) is 0 Å². The van der Waals surface area contributed by atoms with Crippen LogP contribution < -0.4 is 15.5 Å². The highest BCUT2D eigenvalue weighted by Gasteiger charge is 2.27. The van der Waals surface area contributed by atoms with Crippen molar-refractivity contribution in [3.05, 3.63) is 29.8 Å². The number of hydrogen-bond donors (Lipinski definition) is 3. The highest BCUT2D eigenvalue weighted by atomic mass is 19.1. The van der Waals surface area contributed by atoms with E-state index in [1.807, 2.05) is 6.92 Å². The monoisotopic (exact) mass is 409 g/mol. The number of aliphatic hydroxyl groups excluding tert-OH is 1. The predicted molar refractivity (Wildman–Crippen MR) is 112 cm³/mol. The molecule has 0 aliphatic carbocycles. The van der Waals surface area contributed by atoms with Gasteiger partial charge in [0.1, 0.15) is 17.3 Å². The molecule has 2 aliphatic rings. The fourth-order valence-electron chi connectivity index (χ4n) is 4.01. The normalized spacial score (nSPS) is 21.6. The van der Waals surface area contributed by atoms with Crippen LogP contribution in [0.2, 0.25) is 0 Å². The van der Waals surface area contributed by atoms with Gasteiger partial charge in [-0.15, -0.1) is 0 Å². The van der Waals surface area contributed by atoms with Gasteiger partial charge in [-0.2, -0.15) is 0 Å². The van der Waals surface area contributed by atoms with E-state index in [4.69, 9.17) is 0 Å². The first-order chi connectivity index (χ1) is 14.1. The molecule has 29 heavy (non-hydrogen) atoms. The molecule has 162 valence electrons. The number of aliphatic hydroxyl groups is 1. The third-order valence-corrected chi connectivity index (χ3v) is 5.59. The molecule has 3 N–H and O–H groups in total. The number of guanidine groups is 1. The first-order valence-corrected chi connectivity index (χ1v) is 10.7. The van der Waals surface area contributed by atoms with E-state index in [1.165, 1.54) is 18.2 Å². The van der Waals surface area contributed by atoms with Gasteiger partial charge in [0.25, 0.3) is 0 Å². The summed E-state index contributed by atoms with van der Waals surface area (Å²) in [6, 6.07) is 4.08. The van der Waals surface area contributed by atoms with Gasteiger partial charge in [-0.05, 0) is 51.3 Å². The average Bonchev–Trinajstić information content (AvgIpc) is 3.14. The molecule has 0 spiro atoms. The molecule has 1 aromatic rings. The number of likely N-dealkylation sites (tertiary alicyclic amines) is 1. The minimum atomic E-state index is -0.517. The number of nitrogens with zero attached hydrogens (tertiary/aromatic N) is 3. The highest BCUT2D eigenvalue weighted by Crippen LogP contribution is 2.26. The summed E-state index contributed by atoms with van der Waals surface area (Å²) in [5, 5.41) is 16.2. The van der Waals surface area contributed by atoms with E-state index in [1.54, 1.807) is 4.90 Å². The van der Waals surface area contributed by atoms with Gasteiger partial charge in [0, 0.05) is 45.3 Å². The van der Waals surface area contributed by atoms with Gasteiger partial charge >= 0.3 is 0 Å². The number of anilines is 1. The Kier molecular flexibility index (Phi) is 8.06. The molecule has 0 bridgehead atoms. The van der Waals surface area contributed by atoms with Gasteiger partial charge in [-0.3, -0.25) is 4.99 Å². The lowest BCUT2D eigenvalue weighted by atomic mass is 10.1. The van der Waals surface area contributed by atoms with Gasteiger partial charge in [0.15, 0.2) is 5.96 Å². The third kappa shape index (κ3) is 6.27. The Morgan fingerprint density at radius 3 is 2.59 bits per heavy atom. The maximum Gasteiger partial charge on any atom is 0.191 e. The van der Waals surface area contributed by atoms with Crippen LogP contribution in [0, 0.1) is 11.6 Å². The Labute approximate surface area is 172 Å². The van der Waals surface area contributed by atoms with Crippen LogP contribution in [0.1, 0.15) is 32.6 Å². The Balaban J connectivity index is 1.47. The van der Waals surface area contributed by atoms with Crippen molar-refractivity contribution in [2.45, 2.75) is 44.8 Å². The van der Waals surface area contributed by atoms with Crippen molar-refractivity contribution < 1.29 is 13.9 Å². The number of piperidine rings is 1. The molecule has 1 aromatic carbocycles. The molecule has 2 heterocycles. The number of aliphatic imine (C=N–C) groups is 1. The summed E-state index contributed by atoms with van der Waals surface area (Å²) in [7, 11) is 0. The van der Waals surface area contributed by atoms with Gasteiger partial charge in [0.05, 0.1) is 6.10 Å². The molecular formula is C21H33F2N5O. The Bertz CT molecular complexity index is 659. The molecule has 2 aliphatic heterocycles. The zero-order valence-corrected chi connectivity index (χ0v) is 17.2. The van der Waals surface area contributed by atoms with Crippen LogP contribution in [0.5, 0.6) is 0 Å². The number of nitrogens with one attached hydrogen (secondary N) is 2. The maximum absolute atomic E-state index is 14.0. The van der Waals surface area contributed by atoms with Crippen molar-refractivity contribution in [1.29, 1.82) is 0 Å². The van der Waals surface area contributed by atoms with Gasteiger partial charge in [0.2, 0.25) is 0 Å². The van der Waals surface area contributed by atoms with Crippen molar-refractivity contribution in [2.24, 2.45) is 4.99 Å². The largest absolute Gasteiger partial charge is 0.393 e. The maximum atomic E-state index is 14.0. The van der Waals surface area contributed by atoms with E-state index >= 15 is 0 Å². The summed E-state index contributed by atoms with van der Waals surface area (Å²) in [6.45, 7) is 7.53. The molecule has 6 nitrogen and oxygen atoms in total. The Hall–Kier alpha value is -1.93. The minimum absolute atomic E-state index is 0.0605.